The SMILES string of the molecule is O=C(NCCc1ccccn1)C(=O)Nc1ccc(F)cc1F. The molecule has 1 heterocycles. The van der Waals surface area contributed by atoms with Crippen molar-refractivity contribution in [2.75, 3.05) is 11.9 Å². The average molecular weight is 305 g/mol. The van der Waals surface area contributed by atoms with Crippen LogP contribution in [0.3, 0.4) is 0 Å². The summed E-state index contributed by atoms with van der Waals surface area (Å²) in [4.78, 5) is 27.2. The highest BCUT2D eigenvalue weighted by Crippen LogP contribution is 2.14. The first-order chi connectivity index (χ1) is 10.6. The number of rotatable bonds is 4. The fourth-order valence-corrected chi connectivity index (χ4v) is 1.70. The number of hydrogen-bond acceptors (Lipinski definition) is 3. The minimum absolute atomic E-state index is 0.217. The van der Waals surface area contributed by atoms with Gasteiger partial charge in [-0.1, -0.05) is 6.07 Å². The molecule has 5 nitrogen and oxygen atoms in total. The standard InChI is InChI=1S/C15H13F2N3O2/c16-10-4-5-13(12(17)9-10)20-15(22)14(21)19-8-6-11-3-1-2-7-18-11/h1-5,7,9H,6,8H2,(H,19,21)(H,20,22). The molecule has 2 N–H and O–H groups in total. The molecule has 0 spiro atoms. The van der Waals surface area contributed by atoms with Gasteiger partial charge in [0.1, 0.15) is 11.6 Å². The molecule has 0 atom stereocenters. The van der Waals surface area contributed by atoms with E-state index in [-0.39, 0.29) is 12.2 Å². The maximum Gasteiger partial charge on any atom is 0.313 e. The molecule has 0 bridgehead atoms. The number of carbonyl (C=O) groups excluding carboxylic acids is 2. The number of hydrogen-bond donors (Lipinski definition) is 2. The van der Waals surface area contributed by atoms with Crippen LogP contribution in [0.4, 0.5) is 14.5 Å². The van der Waals surface area contributed by atoms with Crippen molar-refractivity contribution in [1.82, 2.24) is 10.3 Å². The Hall–Kier alpha value is -2.83. The van der Waals surface area contributed by atoms with E-state index in [0.717, 1.165) is 17.8 Å². The fraction of sp³-hybridized carbons (Fsp3) is 0.133. The first kappa shape index (κ1) is 15.6. The molecule has 0 radical (unpaired) electrons. The van der Waals surface area contributed by atoms with E-state index in [1.807, 2.05) is 6.07 Å². The minimum atomic E-state index is -1.02. The Morgan fingerprint density at radius 3 is 2.59 bits per heavy atom. The fourth-order valence-electron chi connectivity index (χ4n) is 1.70. The van der Waals surface area contributed by atoms with E-state index in [4.69, 9.17) is 0 Å². The second-order valence-electron chi connectivity index (χ2n) is 4.41. The van der Waals surface area contributed by atoms with E-state index in [2.05, 4.69) is 15.6 Å². The molecule has 7 heteroatoms. The van der Waals surface area contributed by atoms with Gasteiger partial charge in [0.2, 0.25) is 0 Å². The zero-order valence-electron chi connectivity index (χ0n) is 11.5. The molecular formula is C15H13F2N3O2. The lowest BCUT2D eigenvalue weighted by Gasteiger charge is -2.07. The van der Waals surface area contributed by atoms with E-state index in [1.54, 1.807) is 18.3 Å². The molecule has 1 aromatic carbocycles. The largest absolute Gasteiger partial charge is 0.347 e. The summed E-state index contributed by atoms with van der Waals surface area (Å²) < 4.78 is 26.1. The number of carbonyl (C=O) groups is 2. The predicted molar refractivity (Wildman–Crippen MR) is 75.9 cm³/mol. The lowest BCUT2D eigenvalue weighted by Crippen LogP contribution is -2.36. The molecular weight excluding hydrogens is 292 g/mol. The third kappa shape index (κ3) is 4.34. The van der Waals surface area contributed by atoms with E-state index in [0.29, 0.717) is 12.5 Å². The predicted octanol–water partition coefficient (Wildman–Crippen LogP) is 1.66. The van der Waals surface area contributed by atoms with E-state index >= 15 is 0 Å². The zero-order valence-corrected chi connectivity index (χ0v) is 11.5. The summed E-state index contributed by atoms with van der Waals surface area (Å²) >= 11 is 0. The first-order valence-corrected chi connectivity index (χ1v) is 6.50. The van der Waals surface area contributed by atoms with Crippen LogP contribution in [0.1, 0.15) is 5.69 Å². The summed E-state index contributed by atoms with van der Waals surface area (Å²) in [7, 11) is 0. The molecule has 0 aliphatic heterocycles. The molecule has 0 aliphatic rings. The molecule has 0 saturated heterocycles. The monoisotopic (exact) mass is 305 g/mol. The highest BCUT2D eigenvalue weighted by atomic mass is 19.1. The number of aromatic nitrogens is 1. The Bertz CT molecular complexity index is 678. The van der Waals surface area contributed by atoms with Gasteiger partial charge < -0.3 is 10.6 Å². The topological polar surface area (TPSA) is 71.1 Å². The van der Waals surface area contributed by atoms with Crippen LogP contribution in [-0.4, -0.2) is 23.3 Å². The van der Waals surface area contributed by atoms with Crippen molar-refractivity contribution >= 4 is 17.5 Å². The van der Waals surface area contributed by atoms with Crippen LogP contribution in [-0.2, 0) is 16.0 Å². The van der Waals surface area contributed by atoms with E-state index in [1.165, 1.54) is 0 Å². The maximum absolute atomic E-state index is 13.4. The van der Waals surface area contributed by atoms with Crippen molar-refractivity contribution in [2.45, 2.75) is 6.42 Å². The number of nitrogens with one attached hydrogen (secondary N) is 2. The molecule has 2 amide bonds. The van der Waals surface area contributed by atoms with Crippen molar-refractivity contribution in [3.05, 3.63) is 59.9 Å². The zero-order chi connectivity index (χ0) is 15.9. The number of nitrogens with zero attached hydrogens (tertiary/aromatic N) is 1. The van der Waals surface area contributed by atoms with Crippen LogP contribution >= 0.6 is 0 Å². The molecule has 0 fully saturated rings. The summed E-state index contributed by atoms with van der Waals surface area (Å²) in [6.45, 7) is 0.217. The summed E-state index contributed by atoms with van der Waals surface area (Å²) in [6.07, 6.45) is 2.09. The highest BCUT2D eigenvalue weighted by Gasteiger charge is 2.15. The van der Waals surface area contributed by atoms with Gasteiger partial charge in [0.15, 0.2) is 0 Å². The van der Waals surface area contributed by atoms with E-state index in [9.17, 15) is 18.4 Å². The Kier molecular flexibility index (Phi) is 5.13. The van der Waals surface area contributed by atoms with Gasteiger partial charge in [0.25, 0.3) is 0 Å². The van der Waals surface area contributed by atoms with Gasteiger partial charge in [0, 0.05) is 30.9 Å². The number of benzene rings is 1. The third-order valence-electron chi connectivity index (χ3n) is 2.78. The number of amides is 2. The molecule has 114 valence electrons. The molecule has 2 aromatic rings. The smallest absolute Gasteiger partial charge is 0.313 e. The lowest BCUT2D eigenvalue weighted by molar-refractivity contribution is -0.136. The highest BCUT2D eigenvalue weighted by molar-refractivity contribution is 6.39. The van der Waals surface area contributed by atoms with Crippen molar-refractivity contribution in [3.8, 4) is 0 Å². The van der Waals surface area contributed by atoms with Gasteiger partial charge in [-0.25, -0.2) is 8.78 Å². The van der Waals surface area contributed by atoms with Crippen molar-refractivity contribution in [1.29, 1.82) is 0 Å². The lowest BCUT2D eigenvalue weighted by atomic mass is 10.2. The molecule has 0 unspecified atom stereocenters. The van der Waals surface area contributed by atoms with Crippen LogP contribution in [0.5, 0.6) is 0 Å². The van der Waals surface area contributed by atoms with Gasteiger partial charge in [-0.2, -0.15) is 0 Å². The van der Waals surface area contributed by atoms with Gasteiger partial charge in [-0.15, -0.1) is 0 Å². The summed E-state index contributed by atoms with van der Waals surface area (Å²) in [5.74, 6) is -3.64. The minimum Gasteiger partial charge on any atom is -0.347 e. The molecule has 1 aromatic heterocycles. The molecule has 2 rings (SSSR count). The third-order valence-corrected chi connectivity index (χ3v) is 2.78. The van der Waals surface area contributed by atoms with Crippen molar-refractivity contribution < 1.29 is 18.4 Å². The molecule has 22 heavy (non-hydrogen) atoms. The van der Waals surface area contributed by atoms with Gasteiger partial charge >= 0.3 is 11.8 Å². The van der Waals surface area contributed by atoms with Crippen molar-refractivity contribution in [2.24, 2.45) is 0 Å². The molecule has 0 aliphatic carbocycles. The number of pyridine rings is 1. The number of anilines is 1. The van der Waals surface area contributed by atoms with Crippen LogP contribution in [0, 0.1) is 11.6 Å². The average Bonchev–Trinajstić information content (AvgIpc) is 2.51. The maximum atomic E-state index is 13.4. The van der Waals surface area contributed by atoms with Crippen LogP contribution in [0.25, 0.3) is 0 Å². The van der Waals surface area contributed by atoms with Crippen LogP contribution < -0.4 is 10.6 Å². The van der Waals surface area contributed by atoms with Gasteiger partial charge in [0.05, 0.1) is 5.69 Å². The normalized spacial score (nSPS) is 10.1. The Morgan fingerprint density at radius 2 is 1.91 bits per heavy atom. The number of halogens is 2. The Balaban J connectivity index is 1.83. The van der Waals surface area contributed by atoms with Crippen molar-refractivity contribution in [3.63, 3.8) is 0 Å². The second-order valence-corrected chi connectivity index (χ2v) is 4.41. The Labute approximate surface area is 125 Å². The van der Waals surface area contributed by atoms with E-state index < -0.39 is 23.4 Å². The summed E-state index contributed by atoms with van der Waals surface area (Å²) in [5.41, 5.74) is 0.513. The van der Waals surface area contributed by atoms with Gasteiger partial charge in [-0.05, 0) is 24.3 Å². The quantitative estimate of drug-likeness (QED) is 0.844. The van der Waals surface area contributed by atoms with Crippen LogP contribution in [0.15, 0.2) is 42.6 Å². The summed E-state index contributed by atoms with van der Waals surface area (Å²) in [5, 5.41) is 4.47. The van der Waals surface area contributed by atoms with Gasteiger partial charge in [-0.3, -0.25) is 14.6 Å². The first-order valence-electron chi connectivity index (χ1n) is 6.50. The summed E-state index contributed by atoms with van der Waals surface area (Å²) in [6, 6.07) is 8.02. The molecule has 0 saturated carbocycles. The Morgan fingerprint density at radius 1 is 1.09 bits per heavy atom. The second kappa shape index (κ2) is 7.26. The van der Waals surface area contributed by atoms with Crippen LogP contribution in [0.2, 0.25) is 0 Å².